The van der Waals surface area contributed by atoms with E-state index in [1.165, 1.54) is 6.07 Å². The van der Waals surface area contributed by atoms with Gasteiger partial charge >= 0.3 is 6.18 Å². The Morgan fingerprint density at radius 2 is 1.94 bits per heavy atom. The lowest BCUT2D eigenvalue weighted by molar-refractivity contribution is -0.137. The monoisotopic (exact) mass is 270 g/mol. The van der Waals surface area contributed by atoms with Crippen molar-refractivity contribution in [2.45, 2.75) is 12.6 Å². The summed E-state index contributed by atoms with van der Waals surface area (Å²) in [7, 11) is 0. The first-order valence-corrected chi connectivity index (χ1v) is 5.24. The van der Waals surface area contributed by atoms with Crippen LogP contribution in [0.3, 0.4) is 0 Å². The molecule has 0 aliphatic heterocycles. The fourth-order valence-corrected chi connectivity index (χ4v) is 1.71. The molecule has 0 bridgehead atoms. The van der Waals surface area contributed by atoms with Crippen molar-refractivity contribution >= 4 is 29.0 Å². The first-order chi connectivity index (χ1) is 7.38. The quantitative estimate of drug-likeness (QED) is 0.595. The van der Waals surface area contributed by atoms with E-state index >= 15 is 0 Å². The van der Waals surface area contributed by atoms with Gasteiger partial charge < -0.3 is 0 Å². The van der Waals surface area contributed by atoms with Gasteiger partial charge in [0.1, 0.15) is 0 Å². The van der Waals surface area contributed by atoms with E-state index in [9.17, 15) is 18.0 Å². The Morgan fingerprint density at radius 1 is 1.31 bits per heavy atom. The van der Waals surface area contributed by atoms with Crippen LogP contribution in [0.1, 0.15) is 22.3 Å². The van der Waals surface area contributed by atoms with Crippen LogP contribution in [0.4, 0.5) is 13.2 Å². The Morgan fingerprint density at radius 3 is 2.44 bits per heavy atom. The summed E-state index contributed by atoms with van der Waals surface area (Å²) in [4.78, 5) is 11.5. The summed E-state index contributed by atoms with van der Waals surface area (Å²) in [5.74, 6) is -0.741. The van der Waals surface area contributed by atoms with Crippen LogP contribution in [-0.2, 0) is 6.18 Å². The van der Waals surface area contributed by atoms with Crippen LogP contribution < -0.4 is 0 Å². The minimum Gasteiger partial charge on any atom is -0.294 e. The van der Waals surface area contributed by atoms with Gasteiger partial charge in [-0.15, -0.1) is 11.6 Å². The number of carbonyl (C=O) groups is 1. The topological polar surface area (TPSA) is 17.1 Å². The summed E-state index contributed by atoms with van der Waals surface area (Å²) < 4.78 is 37.8. The molecule has 0 fully saturated rings. The molecule has 0 aliphatic rings. The van der Waals surface area contributed by atoms with Gasteiger partial charge in [0, 0.05) is 17.9 Å². The van der Waals surface area contributed by atoms with Crippen LogP contribution >= 0.6 is 23.2 Å². The number of alkyl halides is 4. The van der Waals surface area contributed by atoms with Crippen molar-refractivity contribution in [3.63, 3.8) is 0 Å². The molecule has 1 rings (SSSR count). The number of halogens is 5. The Kier molecular flexibility index (Phi) is 4.21. The standard InChI is InChI=1S/C10H7Cl2F3O/c11-5-4-8(16)9-6(10(13,14)15)2-1-3-7(9)12/h1-3H,4-5H2. The predicted octanol–water partition coefficient (Wildman–Crippen LogP) is 4.17. The summed E-state index contributed by atoms with van der Waals surface area (Å²) in [6.07, 6.45) is -4.77. The molecule has 0 radical (unpaired) electrons. The lowest BCUT2D eigenvalue weighted by Gasteiger charge is -2.12. The van der Waals surface area contributed by atoms with Crippen molar-refractivity contribution in [3.8, 4) is 0 Å². The fourth-order valence-electron chi connectivity index (χ4n) is 1.25. The number of rotatable bonds is 3. The Balaban J connectivity index is 3.30. The summed E-state index contributed by atoms with van der Waals surface area (Å²) in [6.45, 7) is 0. The molecular formula is C10H7Cl2F3O. The average Bonchev–Trinajstić information content (AvgIpc) is 2.16. The van der Waals surface area contributed by atoms with Crippen molar-refractivity contribution in [1.29, 1.82) is 0 Å². The maximum absolute atomic E-state index is 12.6. The molecular weight excluding hydrogens is 264 g/mol. The number of hydrogen-bond donors (Lipinski definition) is 0. The average molecular weight is 271 g/mol. The molecule has 0 spiro atoms. The van der Waals surface area contributed by atoms with Crippen LogP contribution in [0, 0.1) is 0 Å². The van der Waals surface area contributed by atoms with E-state index in [0.717, 1.165) is 12.1 Å². The van der Waals surface area contributed by atoms with Crippen molar-refractivity contribution in [2.24, 2.45) is 0 Å². The molecule has 0 saturated carbocycles. The zero-order valence-corrected chi connectivity index (χ0v) is 9.46. The van der Waals surface area contributed by atoms with Gasteiger partial charge in [0.15, 0.2) is 5.78 Å². The van der Waals surface area contributed by atoms with Gasteiger partial charge in [-0.1, -0.05) is 17.7 Å². The van der Waals surface area contributed by atoms with Crippen molar-refractivity contribution in [3.05, 3.63) is 34.3 Å². The Labute approximate surface area is 100 Å². The first kappa shape index (κ1) is 13.3. The highest BCUT2D eigenvalue weighted by Crippen LogP contribution is 2.35. The minimum atomic E-state index is -4.60. The number of Topliss-reactive ketones (excluding diaryl/α,β-unsaturated/α-hetero) is 1. The molecule has 0 atom stereocenters. The summed E-state index contributed by atoms with van der Waals surface area (Å²) >= 11 is 10.9. The zero-order chi connectivity index (χ0) is 12.3. The highest BCUT2D eigenvalue weighted by atomic mass is 35.5. The van der Waals surface area contributed by atoms with Crippen LogP contribution in [0.25, 0.3) is 0 Å². The number of ketones is 1. The fraction of sp³-hybridized carbons (Fsp3) is 0.300. The summed E-state index contributed by atoms with van der Waals surface area (Å²) in [5, 5.41) is -0.204. The van der Waals surface area contributed by atoms with E-state index in [2.05, 4.69) is 0 Å². The van der Waals surface area contributed by atoms with Crippen molar-refractivity contribution in [2.75, 3.05) is 5.88 Å². The van der Waals surface area contributed by atoms with E-state index in [-0.39, 0.29) is 17.3 Å². The van der Waals surface area contributed by atoms with E-state index < -0.39 is 23.1 Å². The predicted molar refractivity (Wildman–Crippen MR) is 56.1 cm³/mol. The third-order valence-electron chi connectivity index (χ3n) is 1.92. The van der Waals surface area contributed by atoms with E-state index in [0.29, 0.717) is 0 Å². The van der Waals surface area contributed by atoms with Crippen LogP contribution in [0.15, 0.2) is 18.2 Å². The van der Waals surface area contributed by atoms with Crippen LogP contribution in [-0.4, -0.2) is 11.7 Å². The second-order valence-corrected chi connectivity index (χ2v) is 3.81. The Bertz CT molecular complexity index is 402. The van der Waals surface area contributed by atoms with Crippen molar-refractivity contribution in [1.82, 2.24) is 0 Å². The van der Waals surface area contributed by atoms with Gasteiger partial charge in [-0.3, -0.25) is 4.79 Å². The summed E-state index contributed by atoms with van der Waals surface area (Å²) in [5.41, 5.74) is -1.52. The molecule has 0 N–H and O–H groups in total. The van der Waals surface area contributed by atoms with E-state index in [4.69, 9.17) is 23.2 Å². The molecule has 0 unspecified atom stereocenters. The van der Waals surface area contributed by atoms with Gasteiger partial charge in [0.25, 0.3) is 0 Å². The van der Waals surface area contributed by atoms with Crippen LogP contribution in [0.5, 0.6) is 0 Å². The number of hydrogen-bond acceptors (Lipinski definition) is 1. The molecule has 1 aromatic carbocycles. The second-order valence-electron chi connectivity index (χ2n) is 3.02. The minimum absolute atomic E-state index is 0.0403. The molecule has 0 saturated heterocycles. The molecule has 16 heavy (non-hydrogen) atoms. The van der Waals surface area contributed by atoms with Gasteiger partial charge in [0.2, 0.25) is 0 Å². The molecule has 1 aromatic rings. The first-order valence-electron chi connectivity index (χ1n) is 4.32. The lowest BCUT2D eigenvalue weighted by Crippen LogP contribution is -2.14. The van der Waals surface area contributed by atoms with Gasteiger partial charge in [0.05, 0.1) is 10.6 Å². The SMILES string of the molecule is O=C(CCCl)c1c(Cl)cccc1C(F)(F)F. The maximum atomic E-state index is 12.6. The van der Waals surface area contributed by atoms with Gasteiger partial charge in [-0.2, -0.15) is 13.2 Å². The molecule has 88 valence electrons. The largest absolute Gasteiger partial charge is 0.417 e. The highest BCUT2D eigenvalue weighted by Gasteiger charge is 2.35. The van der Waals surface area contributed by atoms with E-state index in [1.54, 1.807) is 0 Å². The molecule has 0 amide bonds. The number of carbonyl (C=O) groups excluding carboxylic acids is 1. The lowest BCUT2D eigenvalue weighted by atomic mass is 10.0. The third kappa shape index (κ3) is 2.89. The number of benzene rings is 1. The molecule has 0 aromatic heterocycles. The zero-order valence-electron chi connectivity index (χ0n) is 7.94. The Hall–Kier alpha value is -0.740. The molecule has 0 aliphatic carbocycles. The second kappa shape index (κ2) is 5.06. The van der Waals surface area contributed by atoms with E-state index in [1.807, 2.05) is 0 Å². The van der Waals surface area contributed by atoms with Gasteiger partial charge in [-0.25, -0.2) is 0 Å². The summed E-state index contributed by atoms with van der Waals surface area (Å²) in [6, 6.07) is 3.23. The smallest absolute Gasteiger partial charge is 0.294 e. The maximum Gasteiger partial charge on any atom is 0.417 e. The van der Waals surface area contributed by atoms with Gasteiger partial charge in [-0.05, 0) is 12.1 Å². The van der Waals surface area contributed by atoms with Crippen LogP contribution in [0.2, 0.25) is 5.02 Å². The third-order valence-corrected chi connectivity index (χ3v) is 2.42. The van der Waals surface area contributed by atoms with Crippen molar-refractivity contribution < 1.29 is 18.0 Å². The highest BCUT2D eigenvalue weighted by molar-refractivity contribution is 6.34. The molecule has 6 heteroatoms. The normalized spacial score (nSPS) is 11.6. The molecule has 0 heterocycles. The molecule has 1 nitrogen and oxygen atoms in total.